The summed E-state index contributed by atoms with van der Waals surface area (Å²) in [6, 6.07) is -0.820. The summed E-state index contributed by atoms with van der Waals surface area (Å²) in [6.07, 6.45) is 3.74. The van der Waals surface area contributed by atoms with E-state index in [0.717, 1.165) is 12.8 Å². The quantitative estimate of drug-likeness (QED) is 0.221. The predicted molar refractivity (Wildman–Crippen MR) is 74.0 cm³/mol. The van der Waals surface area contributed by atoms with Crippen LogP contribution in [0.4, 0.5) is 0 Å². The van der Waals surface area contributed by atoms with Crippen LogP contribution in [0.3, 0.4) is 0 Å². The SMILES string of the molecule is NC(N)=NCCCC(N)C(=O)O.O=C1CCCCC1=O. The van der Waals surface area contributed by atoms with Gasteiger partial charge in [-0.05, 0) is 25.7 Å². The van der Waals surface area contributed by atoms with Gasteiger partial charge in [0.15, 0.2) is 17.5 Å². The van der Waals surface area contributed by atoms with E-state index < -0.39 is 12.0 Å². The van der Waals surface area contributed by atoms with Crippen LogP contribution in [-0.2, 0) is 14.4 Å². The lowest BCUT2D eigenvalue weighted by molar-refractivity contribution is -0.138. The van der Waals surface area contributed by atoms with Gasteiger partial charge in [-0.1, -0.05) is 0 Å². The Labute approximate surface area is 117 Å². The molecule has 8 nitrogen and oxygen atoms in total. The van der Waals surface area contributed by atoms with Crippen LogP contribution in [0.5, 0.6) is 0 Å². The van der Waals surface area contributed by atoms with Crippen LogP contribution >= 0.6 is 0 Å². The van der Waals surface area contributed by atoms with Gasteiger partial charge in [0.1, 0.15) is 6.04 Å². The average molecular weight is 286 g/mol. The molecular weight excluding hydrogens is 264 g/mol. The second kappa shape index (κ2) is 9.90. The van der Waals surface area contributed by atoms with Crippen molar-refractivity contribution in [2.24, 2.45) is 22.2 Å². The molecule has 7 N–H and O–H groups in total. The van der Waals surface area contributed by atoms with Gasteiger partial charge in [-0.15, -0.1) is 0 Å². The van der Waals surface area contributed by atoms with Gasteiger partial charge in [-0.2, -0.15) is 0 Å². The van der Waals surface area contributed by atoms with Crippen molar-refractivity contribution in [2.75, 3.05) is 6.54 Å². The summed E-state index contributed by atoms with van der Waals surface area (Å²) >= 11 is 0. The first-order chi connectivity index (χ1) is 9.34. The van der Waals surface area contributed by atoms with Crippen molar-refractivity contribution < 1.29 is 19.5 Å². The summed E-state index contributed by atoms with van der Waals surface area (Å²) in [5.74, 6) is -1.33. The summed E-state index contributed by atoms with van der Waals surface area (Å²) in [5.41, 5.74) is 15.3. The smallest absolute Gasteiger partial charge is 0.320 e. The van der Waals surface area contributed by atoms with E-state index in [-0.39, 0.29) is 17.5 Å². The van der Waals surface area contributed by atoms with Crippen molar-refractivity contribution in [2.45, 2.75) is 44.6 Å². The van der Waals surface area contributed by atoms with Crippen LogP contribution in [0.25, 0.3) is 0 Å². The molecule has 8 heteroatoms. The Morgan fingerprint density at radius 2 is 1.70 bits per heavy atom. The number of Topliss-reactive ketones (excluding diaryl/α,β-unsaturated/α-hetero) is 2. The molecule has 114 valence electrons. The van der Waals surface area contributed by atoms with Gasteiger partial charge >= 0.3 is 5.97 Å². The molecule has 1 rings (SSSR count). The molecule has 0 heterocycles. The molecule has 1 aliphatic carbocycles. The Hall–Kier alpha value is -1.96. The van der Waals surface area contributed by atoms with Gasteiger partial charge in [0.25, 0.3) is 0 Å². The number of nitrogens with zero attached hydrogens (tertiary/aromatic N) is 1. The Morgan fingerprint density at radius 1 is 1.20 bits per heavy atom. The van der Waals surface area contributed by atoms with Gasteiger partial charge in [-0.25, -0.2) is 0 Å². The maximum atomic E-state index is 10.4. The predicted octanol–water partition coefficient (Wildman–Crippen LogP) is -0.849. The molecule has 0 amide bonds. The molecule has 1 aliphatic rings. The second-order valence-corrected chi connectivity index (χ2v) is 4.45. The van der Waals surface area contributed by atoms with E-state index in [0.29, 0.717) is 32.2 Å². The number of carbonyl (C=O) groups excluding carboxylic acids is 2. The van der Waals surface area contributed by atoms with Gasteiger partial charge in [0.2, 0.25) is 0 Å². The van der Waals surface area contributed by atoms with Crippen LogP contribution in [0.2, 0.25) is 0 Å². The lowest BCUT2D eigenvalue weighted by Crippen LogP contribution is -2.30. The van der Waals surface area contributed by atoms with E-state index in [4.69, 9.17) is 22.3 Å². The number of hydrogen-bond acceptors (Lipinski definition) is 5. The Bertz CT molecular complexity index is 362. The second-order valence-electron chi connectivity index (χ2n) is 4.45. The maximum absolute atomic E-state index is 10.4. The molecule has 0 aromatic heterocycles. The minimum absolute atomic E-state index is 0.0129. The van der Waals surface area contributed by atoms with Crippen LogP contribution in [0, 0.1) is 0 Å². The molecule has 1 atom stereocenters. The number of ketones is 2. The fourth-order valence-electron chi connectivity index (χ4n) is 1.49. The Balaban J connectivity index is 0.000000388. The van der Waals surface area contributed by atoms with Crippen molar-refractivity contribution in [3.8, 4) is 0 Å². The number of carboxylic acid groups (broad SMARTS) is 1. The number of rotatable bonds is 5. The normalized spacial score (nSPS) is 15.8. The largest absolute Gasteiger partial charge is 0.480 e. The van der Waals surface area contributed by atoms with Gasteiger partial charge in [-0.3, -0.25) is 19.4 Å². The summed E-state index contributed by atoms with van der Waals surface area (Å²) in [6.45, 7) is 0.420. The van der Waals surface area contributed by atoms with Crippen LogP contribution in [0.15, 0.2) is 4.99 Å². The minimum Gasteiger partial charge on any atom is -0.480 e. The van der Waals surface area contributed by atoms with E-state index in [2.05, 4.69) is 4.99 Å². The maximum Gasteiger partial charge on any atom is 0.320 e. The number of nitrogens with two attached hydrogens (primary N) is 3. The highest BCUT2D eigenvalue weighted by atomic mass is 16.4. The lowest BCUT2D eigenvalue weighted by Gasteiger charge is -2.04. The number of carboxylic acids is 1. The van der Waals surface area contributed by atoms with Crippen molar-refractivity contribution in [3.05, 3.63) is 0 Å². The summed E-state index contributed by atoms with van der Waals surface area (Å²) in [5, 5.41) is 8.38. The number of carbonyl (C=O) groups is 3. The van der Waals surface area contributed by atoms with E-state index in [9.17, 15) is 14.4 Å². The van der Waals surface area contributed by atoms with E-state index in [1.54, 1.807) is 0 Å². The van der Waals surface area contributed by atoms with Crippen molar-refractivity contribution in [1.82, 2.24) is 0 Å². The zero-order valence-corrected chi connectivity index (χ0v) is 11.4. The molecule has 20 heavy (non-hydrogen) atoms. The molecule has 1 saturated carbocycles. The first-order valence-corrected chi connectivity index (χ1v) is 6.44. The van der Waals surface area contributed by atoms with Gasteiger partial charge < -0.3 is 22.3 Å². The fraction of sp³-hybridized carbons (Fsp3) is 0.667. The standard InChI is InChI=1S/C6H14N4O2.C6H8O2/c7-4(5(11)12)2-1-3-10-6(8)9;7-5-3-1-2-4-6(5)8/h4H,1-3,7H2,(H,11,12)(H4,8,9,10);1-4H2. The number of aliphatic imine (C=N–C) groups is 1. The van der Waals surface area contributed by atoms with E-state index in [1.807, 2.05) is 0 Å². The molecule has 0 saturated heterocycles. The molecule has 0 spiro atoms. The van der Waals surface area contributed by atoms with E-state index >= 15 is 0 Å². The van der Waals surface area contributed by atoms with Crippen molar-refractivity contribution in [1.29, 1.82) is 0 Å². The fourth-order valence-corrected chi connectivity index (χ4v) is 1.49. The molecule has 0 aliphatic heterocycles. The lowest BCUT2D eigenvalue weighted by atomic mass is 9.98. The number of aliphatic carboxylic acids is 1. The van der Waals surface area contributed by atoms with Crippen molar-refractivity contribution in [3.63, 3.8) is 0 Å². The number of guanidine groups is 1. The average Bonchev–Trinajstić information content (AvgIpc) is 2.38. The Morgan fingerprint density at radius 3 is 2.05 bits per heavy atom. The first-order valence-electron chi connectivity index (χ1n) is 6.44. The molecule has 0 aromatic rings. The topological polar surface area (TPSA) is 162 Å². The zero-order valence-electron chi connectivity index (χ0n) is 11.4. The third kappa shape index (κ3) is 9.03. The molecule has 1 fully saturated rings. The van der Waals surface area contributed by atoms with Gasteiger partial charge in [0.05, 0.1) is 0 Å². The molecular formula is C12H22N4O4. The third-order valence-electron chi connectivity index (χ3n) is 2.65. The highest BCUT2D eigenvalue weighted by Crippen LogP contribution is 2.09. The van der Waals surface area contributed by atoms with Crippen LogP contribution in [-0.4, -0.2) is 41.2 Å². The van der Waals surface area contributed by atoms with Crippen molar-refractivity contribution >= 4 is 23.5 Å². The number of hydrogen-bond donors (Lipinski definition) is 4. The highest BCUT2D eigenvalue weighted by Gasteiger charge is 2.17. The molecule has 0 bridgehead atoms. The third-order valence-corrected chi connectivity index (χ3v) is 2.65. The highest BCUT2D eigenvalue weighted by molar-refractivity contribution is 6.37. The zero-order chi connectivity index (χ0) is 15.5. The van der Waals surface area contributed by atoms with Crippen LogP contribution in [0.1, 0.15) is 38.5 Å². The molecule has 0 radical (unpaired) electrons. The van der Waals surface area contributed by atoms with E-state index in [1.165, 1.54) is 0 Å². The van der Waals surface area contributed by atoms with Gasteiger partial charge in [0, 0.05) is 19.4 Å². The summed E-state index contributed by atoms with van der Waals surface area (Å²) in [7, 11) is 0. The Kier molecular flexibility index (Phi) is 8.93. The molecule has 1 unspecified atom stereocenters. The molecule has 0 aromatic carbocycles. The monoisotopic (exact) mass is 286 g/mol. The van der Waals surface area contributed by atoms with Crippen LogP contribution < -0.4 is 17.2 Å². The first kappa shape index (κ1) is 18.0. The summed E-state index contributed by atoms with van der Waals surface area (Å²) < 4.78 is 0. The minimum atomic E-state index is -1.00. The summed E-state index contributed by atoms with van der Waals surface area (Å²) in [4.78, 5) is 34.8.